The Hall–Kier alpha value is -3.88. The number of halogens is 5. The Bertz CT molecular complexity index is 1860. The van der Waals surface area contributed by atoms with Crippen molar-refractivity contribution < 1.29 is 41.3 Å². The van der Waals surface area contributed by atoms with Crippen molar-refractivity contribution in [3.63, 3.8) is 0 Å². The van der Waals surface area contributed by atoms with Crippen LogP contribution in [0.25, 0.3) is 32.9 Å². The summed E-state index contributed by atoms with van der Waals surface area (Å²) < 4.78 is 92.7. The molecule has 0 bridgehead atoms. The monoisotopic (exact) mass is 673 g/mol. The van der Waals surface area contributed by atoms with E-state index < -0.39 is 48.3 Å². The first-order chi connectivity index (χ1) is 23.0. The third-order valence-corrected chi connectivity index (χ3v) is 9.66. The van der Waals surface area contributed by atoms with Crippen molar-refractivity contribution in [3.8, 4) is 23.0 Å². The second-order valence-electron chi connectivity index (χ2n) is 13.0. The van der Waals surface area contributed by atoms with Gasteiger partial charge in [0, 0.05) is 44.8 Å². The van der Waals surface area contributed by atoms with Crippen molar-refractivity contribution in [2.75, 3.05) is 51.6 Å². The number of anilines is 1. The molecule has 0 radical (unpaired) electrons. The summed E-state index contributed by atoms with van der Waals surface area (Å²) in [5.74, 6) is -4.37. The average Bonchev–Trinajstić information content (AvgIpc) is 3.57. The molecule has 2 aromatic heterocycles. The van der Waals surface area contributed by atoms with Crippen LogP contribution in [-0.4, -0.2) is 95.4 Å². The van der Waals surface area contributed by atoms with E-state index in [1.807, 2.05) is 4.90 Å². The zero-order valence-electron chi connectivity index (χ0n) is 26.6. The van der Waals surface area contributed by atoms with E-state index in [1.54, 1.807) is 25.1 Å². The van der Waals surface area contributed by atoms with Gasteiger partial charge in [-0.05, 0) is 60.3 Å². The second kappa shape index (κ2) is 12.5. The van der Waals surface area contributed by atoms with Gasteiger partial charge in [-0.1, -0.05) is 13.0 Å². The quantitative estimate of drug-likeness (QED) is 0.174. The van der Waals surface area contributed by atoms with Crippen LogP contribution in [0.4, 0.5) is 27.8 Å². The lowest BCUT2D eigenvalue weighted by atomic mass is 9.94. The molecule has 0 spiro atoms. The molecule has 2 aromatic carbocycles. The van der Waals surface area contributed by atoms with E-state index in [4.69, 9.17) is 14.2 Å². The molecule has 4 aromatic rings. The Morgan fingerprint density at radius 2 is 1.92 bits per heavy atom. The number of pyridine rings is 1. The highest BCUT2D eigenvalue weighted by molar-refractivity contribution is 6.01. The molecule has 1 unspecified atom stereocenters. The molecule has 9 nitrogen and oxygen atoms in total. The van der Waals surface area contributed by atoms with Crippen LogP contribution in [0.2, 0.25) is 0 Å². The zero-order chi connectivity index (χ0) is 33.8. The van der Waals surface area contributed by atoms with Gasteiger partial charge in [0.1, 0.15) is 41.4 Å². The number of ether oxygens (including phenoxy) is 3. The smallest absolute Gasteiger partial charge is 0.319 e. The average molecular weight is 674 g/mol. The summed E-state index contributed by atoms with van der Waals surface area (Å²) in [4.78, 5) is 16.5. The molecule has 3 aliphatic heterocycles. The van der Waals surface area contributed by atoms with Crippen molar-refractivity contribution in [1.82, 2.24) is 19.9 Å². The van der Waals surface area contributed by atoms with E-state index in [-0.39, 0.29) is 60.4 Å². The number of fused-ring (bicyclic) bond motifs is 3. The number of piperidine rings is 1. The molecule has 0 saturated carbocycles. The number of aryl methyl sites for hydroxylation is 1. The highest BCUT2D eigenvalue weighted by Gasteiger charge is 2.49. The van der Waals surface area contributed by atoms with Gasteiger partial charge in [0.25, 0.3) is 5.92 Å². The van der Waals surface area contributed by atoms with Gasteiger partial charge in [0.05, 0.1) is 23.6 Å². The molecule has 256 valence electrons. The Balaban J connectivity index is 1.39. The summed E-state index contributed by atoms with van der Waals surface area (Å²) in [6, 6.07) is 5.86. The SMILES string of the molecule is CCc1c(F)ccc2cc(OCOC)cc(-c3ncc4c(N5CC(O)CC(F)(F)C5)nc(OC[C@@]56CCCN5C[C@H](F)C6)nc4c3F)c12. The Morgan fingerprint density at radius 3 is 2.69 bits per heavy atom. The lowest BCUT2D eigenvalue weighted by Gasteiger charge is -2.36. The minimum atomic E-state index is -3.24. The lowest BCUT2D eigenvalue weighted by Crippen LogP contribution is -2.49. The Kier molecular flexibility index (Phi) is 8.53. The Morgan fingerprint density at radius 1 is 1.08 bits per heavy atom. The largest absolute Gasteiger partial charge is 0.468 e. The van der Waals surface area contributed by atoms with Gasteiger partial charge in [0.15, 0.2) is 12.6 Å². The first-order valence-corrected chi connectivity index (χ1v) is 16.1. The van der Waals surface area contributed by atoms with E-state index in [1.165, 1.54) is 24.3 Å². The summed E-state index contributed by atoms with van der Waals surface area (Å²) in [6.07, 6.45) is 0.324. The van der Waals surface area contributed by atoms with E-state index in [9.17, 15) is 18.3 Å². The number of nitrogens with zero attached hydrogens (tertiary/aromatic N) is 5. The number of rotatable bonds is 9. The van der Waals surface area contributed by atoms with Crippen LogP contribution in [0.3, 0.4) is 0 Å². The van der Waals surface area contributed by atoms with Crippen LogP contribution >= 0.6 is 0 Å². The maximum Gasteiger partial charge on any atom is 0.319 e. The van der Waals surface area contributed by atoms with Crippen LogP contribution < -0.4 is 14.4 Å². The molecule has 0 amide bonds. The van der Waals surface area contributed by atoms with Gasteiger partial charge in [-0.2, -0.15) is 9.97 Å². The van der Waals surface area contributed by atoms with E-state index in [2.05, 4.69) is 15.0 Å². The van der Waals surface area contributed by atoms with Crippen molar-refractivity contribution in [2.45, 2.75) is 62.8 Å². The maximum atomic E-state index is 16.9. The van der Waals surface area contributed by atoms with Crippen molar-refractivity contribution in [1.29, 1.82) is 0 Å². The summed E-state index contributed by atoms with van der Waals surface area (Å²) in [5.41, 5.74) is -0.424. The first kappa shape index (κ1) is 32.7. The van der Waals surface area contributed by atoms with Gasteiger partial charge in [-0.25, -0.2) is 22.0 Å². The molecule has 3 fully saturated rings. The fourth-order valence-electron chi connectivity index (χ4n) is 7.63. The molecule has 5 heterocycles. The third kappa shape index (κ3) is 5.87. The molecule has 48 heavy (non-hydrogen) atoms. The zero-order valence-corrected chi connectivity index (χ0v) is 26.6. The fourth-order valence-corrected chi connectivity index (χ4v) is 7.63. The van der Waals surface area contributed by atoms with Crippen molar-refractivity contribution in [2.24, 2.45) is 0 Å². The maximum absolute atomic E-state index is 16.9. The van der Waals surface area contributed by atoms with Crippen LogP contribution in [0.5, 0.6) is 11.8 Å². The second-order valence-corrected chi connectivity index (χ2v) is 13.0. The van der Waals surface area contributed by atoms with E-state index in [0.717, 1.165) is 13.0 Å². The number of β-amino-alcohol motifs (C(OH)–C–C–N with tert-alkyl or cyclic N) is 1. The predicted octanol–water partition coefficient (Wildman–Crippen LogP) is 5.83. The topological polar surface area (TPSA) is 93.1 Å². The van der Waals surface area contributed by atoms with Crippen LogP contribution in [0, 0.1) is 11.6 Å². The summed E-state index contributed by atoms with van der Waals surface area (Å²) >= 11 is 0. The summed E-state index contributed by atoms with van der Waals surface area (Å²) in [5, 5.41) is 11.4. The summed E-state index contributed by atoms with van der Waals surface area (Å²) in [6.45, 7) is 1.77. The van der Waals surface area contributed by atoms with Gasteiger partial charge in [-0.15, -0.1) is 0 Å². The van der Waals surface area contributed by atoms with Crippen LogP contribution in [-0.2, 0) is 11.2 Å². The van der Waals surface area contributed by atoms with Gasteiger partial charge < -0.3 is 24.2 Å². The number of aromatic nitrogens is 3. The van der Waals surface area contributed by atoms with Crippen LogP contribution in [0.15, 0.2) is 30.5 Å². The standard InChI is InChI=1S/C34H36F5N5O4/c1-3-23-26(36)6-5-19-9-22(48-18-46-2)10-24(27(19)23)29-28(37)30-25(13-40-29)31(43-15-21(45)12-34(38,39)16-43)42-32(41-30)47-17-33-7-4-8-44(33)14-20(35)11-33/h5-6,9-10,13,20-21,45H,3-4,7-8,11-12,14-18H2,1-2H3/t20-,21?,33+/m1/s1. The number of hydrogen-bond acceptors (Lipinski definition) is 9. The minimum absolute atomic E-state index is 0.0248. The van der Waals surface area contributed by atoms with E-state index >= 15 is 8.78 Å². The normalized spacial score (nSPS) is 24.0. The number of methoxy groups -OCH3 is 1. The van der Waals surface area contributed by atoms with Crippen LogP contribution in [0.1, 0.15) is 38.2 Å². The number of aliphatic hydroxyl groups excluding tert-OH is 1. The molecule has 3 saturated heterocycles. The third-order valence-electron chi connectivity index (χ3n) is 9.66. The molecule has 3 aliphatic rings. The fraction of sp³-hybridized carbons (Fsp3) is 0.500. The summed E-state index contributed by atoms with van der Waals surface area (Å²) in [7, 11) is 1.46. The highest BCUT2D eigenvalue weighted by atomic mass is 19.3. The van der Waals surface area contributed by atoms with Crippen molar-refractivity contribution >= 4 is 27.5 Å². The van der Waals surface area contributed by atoms with E-state index in [0.29, 0.717) is 41.5 Å². The molecule has 1 N–H and O–H groups in total. The highest BCUT2D eigenvalue weighted by Crippen LogP contribution is 2.42. The number of benzene rings is 2. The number of aliphatic hydroxyl groups is 1. The molecule has 14 heteroatoms. The van der Waals surface area contributed by atoms with Gasteiger partial charge in [-0.3, -0.25) is 9.88 Å². The lowest BCUT2D eigenvalue weighted by molar-refractivity contribution is -0.0531. The van der Waals surface area contributed by atoms with Gasteiger partial charge in [0.2, 0.25) is 0 Å². The molecule has 7 rings (SSSR count). The Labute approximate surface area is 273 Å². The minimum Gasteiger partial charge on any atom is -0.468 e. The molecule has 3 atom stereocenters. The predicted molar refractivity (Wildman–Crippen MR) is 168 cm³/mol. The molecular formula is C34H36F5N5O4. The molecule has 0 aliphatic carbocycles. The van der Waals surface area contributed by atoms with Gasteiger partial charge >= 0.3 is 6.01 Å². The molecular weight excluding hydrogens is 637 g/mol. The number of alkyl halides is 3. The number of hydrogen-bond donors (Lipinski definition) is 1. The first-order valence-electron chi connectivity index (χ1n) is 16.1. The van der Waals surface area contributed by atoms with Crippen molar-refractivity contribution in [3.05, 3.63) is 47.7 Å².